The molecule has 0 aromatic carbocycles. The van der Waals surface area contributed by atoms with Gasteiger partial charge in [0.15, 0.2) is 5.69 Å². The van der Waals surface area contributed by atoms with E-state index in [0.29, 0.717) is 18.5 Å². The van der Waals surface area contributed by atoms with Crippen LogP contribution in [0.25, 0.3) is 0 Å². The highest BCUT2D eigenvalue weighted by Gasteiger charge is 2.12. The molecular weight excluding hydrogens is 230 g/mol. The smallest absolute Gasteiger partial charge is 0.303 e. The number of carbonyl (C=O) groups excluding carboxylic acids is 1. The number of carboxylic acids is 1. The molecule has 0 aliphatic heterocycles. The summed E-state index contributed by atoms with van der Waals surface area (Å²) in [5.74, 6) is -1.08. The monoisotopic (exact) mass is 243 g/mol. The molecule has 0 aliphatic rings. The molecule has 1 aromatic heterocycles. The van der Waals surface area contributed by atoms with E-state index in [9.17, 15) is 9.59 Å². The van der Waals surface area contributed by atoms with Crippen LogP contribution in [0.2, 0.25) is 0 Å². The Hall–Kier alpha value is -1.50. The van der Waals surface area contributed by atoms with Crippen molar-refractivity contribution in [1.29, 1.82) is 0 Å². The normalized spacial score (nSPS) is 12.1. The van der Waals surface area contributed by atoms with E-state index >= 15 is 0 Å². The van der Waals surface area contributed by atoms with Crippen LogP contribution in [0, 0.1) is 0 Å². The number of carbonyl (C=O) groups is 2. The molecular formula is C9H13N3O3S. The summed E-state index contributed by atoms with van der Waals surface area (Å²) in [5.41, 5.74) is 0.301. The van der Waals surface area contributed by atoms with Crippen LogP contribution in [0.3, 0.4) is 0 Å². The van der Waals surface area contributed by atoms with Gasteiger partial charge < -0.3 is 10.4 Å². The second kappa shape index (κ2) is 6.16. The van der Waals surface area contributed by atoms with Gasteiger partial charge >= 0.3 is 5.97 Å². The fourth-order valence-electron chi connectivity index (χ4n) is 1.19. The standard InChI is InChI=1S/C9H13N3O3S/c1-6(3-2-4-8(13)14)10-9(15)7-5-16-12-11-7/h5-6H,2-4H2,1H3,(H,10,15)(H,13,14). The Morgan fingerprint density at radius 1 is 1.62 bits per heavy atom. The van der Waals surface area contributed by atoms with Gasteiger partial charge in [-0.05, 0) is 31.3 Å². The summed E-state index contributed by atoms with van der Waals surface area (Å²) in [4.78, 5) is 21.8. The SMILES string of the molecule is CC(CCCC(=O)O)NC(=O)c1csnn1. The Balaban J connectivity index is 2.26. The minimum Gasteiger partial charge on any atom is -0.481 e. The Morgan fingerprint density at radius 3 is 2.94 bits per heavy atom. The number of amides is 1. The maximum Gasteiger partial charge on any atom is 0.303 e. The van der Waals surface area contributed by atoms with E-state index in [1.807, 2.05) is 6.92 Å². The predicted octanol–water partition coefficient (Wildman–Crippen LogP) is 0.911. The van der Waals surface area contributed by atoms with Gasteiger partial charge in [0.2, 0.25) is 0 Å². The number of aliphatic carboxylic acids is 1. The van der Waals surface area contributed by atoms with Crippen molar-refractivity contribution in [3.05, 3.63) is 11.1 Å². The van der Waals surface area contributed by atoms with Crippen LogP contribution in [0.1, 0.15) is 36.7 Å². The van der Waals surface area contributed by atoms with Gasteiger partial charge in [-0.1, -0.05) is 4.49 Å². The Bertz CT molecular complexity index is 353. The lowest BCUT2D eigenvalue weighted by molar-refractivity contribution is -0.137. The van der Waals surface area contributed by atoms with Crippen LogP contribution in [-0.4, -0.2) is 32.6 Å². The number of carboxylic acid groups (broad SMARTS) is 1. The minimum atomic E-state index is -0.817. The molecule has 2 N–H and O–H groups in total. The van der Waals surface area contributed by atoms with Crippen molar-refractivity contribution >= 4 is 23.4 Å². The third kappa shape index (κ3) is 4.35. The zero-order chi connectivity index (χ0) is 12.0. The number of rotatable bonds is 6. The summed E-state index contributed by atoms with van der Waals surface area (Å²) in [6.07, 6.45) is 1.31. The van der Waals surface area contributed by atoms with E-state index in [1.165, 1.54) is 0 Å². The molecule has 0 aliphatic carbocycles. The van der Waals surface area contributed by atoms with Crippen molar-refractivity contribution in [2.45, 2.75) is 32.2 Å². The summed E-state index contributed by atoms with van der Waals surface area (Å²) in [6.45, 7) is 1.83. The minimum absolute atomic E-state index is 0.0615. The molecule has 16 heavy (non-hydrogen) atoms. The third-order valence-electron chi connectivity index (χ3n) is 2.00. The maximum atomic E-state index is 11.5. The van der Waals surface area contributed by atoms with E-state index in [4.69, 9.17) is 5.11 Å². The summed E-state index contributed by atoms with van der Waals surface area (Å²) in [5, 5.41) is 16.4. The Kier molecular flexibility index (Phi) is 4.84. The molecule has 1 heterocycles. The highest BCUT2D eigenvalue weighted by atomic mass is 32.1. The first-order valence-corrected chi connectivity index (χ1v) is 5.73. The molecule has 0 spiro atoms. The zero-order valence-electron chi connectivity index (χ0n) is 8.84. The van der Waals surface area contributed by atoms with Crippen LogP contribution in [-0.2, 0) is 4.79 Å². The lowest BCUT2D eigenvalue weighted by atomic mass is 10.1. The summed E-state index contributed by atoms with van der Waals surface area (Å²) < 4.78 is 3.59. The van der Waals surface area contributed by atoms with Gasteiger partial charge in [-0.3, -0.25) is 9.59 Å². The third-order valence-corrected chi connectivity index (χ3v) is 2.50. The first-order valence-electron chi connectivity index (χ1n) is 4.89. The van der Waals surface area contributed by atoms with Crippen LogP contribution >= 0.6 is 11.5 Å². The van der Waals surface area contributed by atoms with Crippen LogP contribution < -0.4 is 5.32 Å². The summed E-state index contributed by atoms with van der Waals surface area (Å²) >= 11 is 1.12. The first kappa shape index (κ1) is 12.6. The largest absolute Gasteiger partial charge is 0.481 e. The molecule has 1 unspecified atom stereocenters. The van der Waals surface area contributed by atoms with Crippen molar-refractivity contribution < 1.29 is 14.7 Å². The van der Waals surface area contributed by atoms with Gasteiger partial charge in [0.1, 0.15) is 0 Å². The van der Waals surface area contributed by atoms with Gasteiger partial charge in [0.25, 0.3) is 5.91 Å². The van der Waals surface area contributed by atoms with Crippen molar-refractivity contribution in [3.63, 3.8) is 0 Å². The van der Waals surface area contributed by atoms with Crippen molar-refractivity contribution in [2.24, 2.45) is 0 Å². The summed E-state index contributed by atoms with van der Waals surface area (Å²) in [6, 6.07) is -0.0615. The molecule has 0 fully saturated rings. The van der Waals surface area contributed by atoms with Crippen LogP contribution in [0.5, 0.6) is 0 Å². The van der Waals surface area contributed by atoms with Crippen LogP contribution in [0.4, 0.5) is 0 Å². The fourth-order valence-corrected chi connectivity index (χ4v) is 1.63. The maximum absolute atomic E-state index is 11.5. The van der Waals surface area contributed by atoms with E-state index in [0.717, 1.165) is 11.5 Å². The van der Waals surface area contributed by atoms with E-state index in [-0.39, 0.29) is 18.4 Å². The van der Waals surface area contributed by atoms with E-state index < -0.39 is 5.97 Å². The molecule has 1 rings (SSSR count). The predicted molar refractivity (Wildman–Crippen MR) is 58.3 cm³/mol. The highest BCUT2D eigenvalue weighted by Crippen LogP contribution is 2.03. The quantitative estimate of drug-likeness (QED) is 0.774. The second-order valence-corrected chi connectivity index (χ2v) is 4.06. The number of hydrogen-bond acceptors (Lipinski definition) is 5. The van der Waals surface area contributed by atoms with Gasteiger partial charge in [-0.15, -0.1) is 5.10 Å². The molecule has 0 saturated heterocycles. The van der Waals surface area contributed by atoms with Gasteiger partial charge in [0, 0.05) is 17.8 Å². The molecule has 0 radical (unpaired) electrons. The molecule has 0 saturated carbocycles. The second-order valence-electron chi connectivity index (χ2n) is 3.45. The molecule has 1 aromatic rings. The average Bonchev–Trinajstić information content (AvgIpc) is 2.69. The van der Waals surface area contributed by atoms with Crippen molar-refractivity contribution in [2.75, 3.05) is 0 Å². The van der Waals surface area contributed by atoms with Crippen molar-refractivity contribution in [1.82, 2.24) is 14.9 Å². The molecule has 6 nitrogen and oxygen atoms in total. The average molecular weight is 243 g/mol. The van der Waals surface area contributed by atoms with Gasteiger partial charge in [-0.2, -0.15) is 0 Å². The van der Waals surface area contributed by atoms with Gasteiger partial charge in [0.05, 0.1) is 0 Å². The first-order chi connectivity index (χ1) is 7.59. The van der Waals surface area contributed by atoms with E-state index in [1.54, 1.807) is 5.38 Å². The molecule has 1 amide bonds. The zero-order valence-corrected chi connectivity index (χ0v) is 9.66. The number of hydrogen-bond donors (Lipinski definition) is 2. The van der Waals surface area contributed by atoms with Gasteiger partial charge in [-0.25, -0.2) is 0 Å². The molecule has 88 valence electrons. The Labute approximate surface area is 96.8 Å². The van der Waals surface area contributed by atoms with Crippen LogP contribution in [0.15, 0.2) is 5.38 Å². The lowest BCUT2D eigenvalue weighted by Crippen LogP contribution is -2.32. The molecule has 0 bridgehead atoms. The highest BCUT2D eigenvalue weighted by molar-refractivity contribution is 7.03. The van der Waals surface area contributed by atoms with E-state index in [2.05, 4.69) is 14.9 Å². The number of nitrogens with one attached hydrogen (secondary N) is 1. The fraction of sp³-hybridized carbons (Fsp3) is 0.556. The molecule has 7 heteroatoms. The summed E-state index contributed by atoms with van der Waals surface area (Å²) in [7, 11) is 0. The number of nitrogens with zero attached hydrogens (tertiary/aromatic N) is 2. The van der Waals surface area contributed by atoms with Crippen molar-refractivity contribution in [3.8, 4) is 0 Å². The number of aromatic nitrogens is 2. The molecule has 1 atom stereocenters. The topological polar surface area (TPSA) is 92.2 Å². The Morgan fingerprint density at radius 2 is 2.38 bits per heavy atom. The lowest BCUT2D eigenvalue weighted by Gasteiger charge is -2.11.